The molecule has 1 aromatic carbocycles. The predicted octanol–water partition coefficient (Wildman–Crippen LogP) is 2.77. The normalized spacial score (nSPS) is 25.4. The van der Waals surface area contributed by atoms with Crippen molar-refractivity contribution in [3.05, 3.63) is 29.8 Å². The number of hydrogen-bond donors (Lipinski definition) is 1. The van der Waals surface area contributed by atoms with E-state index in [1.165, 1.54) is 24.1 Å². The standard InChI is InChI=1S/C14H21NO/c1-15(2)13-9-5-3-7-11(13)12-8-4-6-10-14(12)16/h3,5,7,9,12,14,16H,4,6,8,10H2,1-2H3/t12-,14-/m1/s1. The molecule has 0 radical (unpaired) electrons. The van der Waals surface area contributed by atoms with Gasteiger partial charge in [-0.15, -0.1) is 0 Å². The van der Waals surface area contributed by atoms with Crippen LogP contribution in [0.2, 0.25) is 0 Å². The molecule has 1 aliphatic rings. The lowest BCUT2D eigenvalue weighted by Crippen LogP contribution is -2.24. The molecule has 1 saturated carbocycles. The molecule has 0 unspecified atom stereocenters. The van der Waals surface area contributed by atoms with Gasteiger partial charge >= 0.3 is 0 Å². The Morgan fingerprint density at radius 2 is 1.81 bits per heavy atom. The molecule has 2 rings (SSSR count). The van der Waals surface area contributed by atoms with E-state index in [2.05, 4.69) is 43.3 Å². The lowest BCUT2D eigenvalue weighted by Gasteiger charge is -2.31. The summed E-state index contributed by atoms with van der Waals surface area (Å²) >= 11 is 0. The summed E-state index contributed by atoms with van der Waals surface area (Å²) in [6.45, 7) is 0. The maximum absolute atomic E-state index is 10.1. The Labute approximate surface area is 97.9 Å². The second-order valence-electron chi connectivity index (χ2n) is 4.91. The summed E-state index contributed by atoms with van der Waals surface area (Å²) in [5.74, 6) is 0.326. The molecule has 0 aliphatic heterocycles. The van der Waals surface area contributed by atoms with Crippen molar-refractivity contribution >= 4 is 5.69 Å². The Kier molecular flexibility index (Phi) is 3.49. The summed E-state index contributed by atoms with van der Waals surface area (Å²) in [6.07, 6.45) is 4.32. The molecule has 2 atom stereocenters. The van der Waals surface area contributed by atoms with E-state index in [9.17, 15) is 5.11 Å². The molecule has 0 bridgehead atoms. The number of anilines is 1. The van der Waals surface area contributed by atoms with Crippen LogP contribution in [0.4, 0.5) is 5.69 Å². The Bertz CT molecular complexity index is 348. The van der Waals surface area contributed by atoms with E-state index in [4.69, 9.17) is 0 Å². The van der Waals surface area contributed by atoms with Crippen molar-refractivity contribution in [3.8, 4) is 0 Å². The molecular formula is C14H21NO. The van der Waals surface area contributed by atoms with Crippen molar-refractivity contribution in [2.45, 2.75) is 37.7 Å². The zero-order valence-electron chi connectivity index (χ0n) is 10.2. The number of rotatable bonds is 2. The van der Waals surface area contributed by atoms with E-state index in [1.54, 1.807) is 0 Å². The summed E-state index contributed by atoms with van der Waals surface area (Å²) in [4.78, 5) is 2.14. The van der Waals surface area contributed by atoms with Gasteiger partial charge in [0.05, 0.1) is 6.10 Å². The van der Waals surface area contributed by atoms with E-state index >= 15 is 0 Å². The molecule has 0 spiro atoms. The van der Waals surface area contributed by atoms with E-state index in [0.717, 1.165) is 12.8 Å². The van der Waals surface area contributed by atoms with Gasteiger partial charge in [0.1, 0.15) is 0 Å². The highest BCUT2D eigenvalue weighted by molar-refractivity contribution is 5.54. The lowest BCUT2D eigenvalue weighted by molar-refractivity contribution is 0.106. The smallest absolute Gasteiger partial charge is 0.0609 e. The van der Waals surface area contributed by atoms with E-state index in [0.29, 0.717) is 5.92 Å². The largest absolute Gasteiger partial charge is 0.392 e. The van der Waals surface area contributed by atoms with E-state index in [1.807, 2.05) is 0 Å². The first-order valence-electron chi connectivity index (χ1n) is 6.14. The van der Waals surface area contributed by atoms with Gasteiger partial charge in [0, 0.05) is 25.7 Å². The summed E-state index contributed by atoms with van der Waals surface area (Å²) in [6, 6.07) is 8.43. The van der Waals surface area contributed by atoms with Gasteiger partial charge in [-0.1, -0.05) is 31.0 Å². The zero-order chi connectivity index (χ0) is 11.5. The Morgan fingerprint density at radius 1 is 1.12 bits per heavy atom. The fourth-order valence-electron chi connectivity index (χ4n) is 2.68. The van der Waals surface area contributed by atoms with Gasteiger partial charge in [0.15, 0.2) is 0 Å². The molecule has 1 aromatic rings. The van der Waals surface area contributed by atoms with Gasteiger partial charge < -0.3 is 10.0 Å². The van der Waals surface area contributed by atoms with Crippen LogP contribution in [0.3, 0.4) is 0 Å². The summed E-state index contributed by atoms with van der Waals surface area (Å²) < 4.78 is 0. The van der Waals surface area contributed by atoms with Crippen molar-refractivity contribution in [1.82, 2.24) is 0 Å². The minimum atomic E-state index is -0.158. The maximum Gasteiger partial charge on any atom is 0.0609 e. The van der Waals surface area contributed by atoms with Crippen LogP contribution in [-0.2, 0) is 0 Å². The van der Waals surface area contributed by atoms with Crippen molar-refractivity contribution in [3.63, 3.8) is 0 Å². The van der Waals surface area contributed by atoms with E-state index < -0.39 is 0 Å². The van der Waals surface area contributed by atoms with Crippen LogP contribution < -0.4 is 4.90 Å². The third kappa shape index (κ3) is 2.22. The number of aliphatic hydroxyl groups is 1. The summed E-state index contributed by atoms with van der Waals surface area (Å²) in [5.41, 5.74) is 2.55. The first-order chi connectivity index (χ1) is 7.70. The minimum Gasteiger partial charge on any atom is -0.392 e. The number of hydrogen-bond acceptors (Lipinski definition) is 2. The highest BCUT2D eigenvalue weighted by Gasteiger charge is 2.26. The SMILES string of the molecule is CN(C)c1ccccc1[C@H]1CCCC[C@H]1O. The molecule has 16 heavy (non-hydrogen) atoms. The fourth-order valence-corrected chi connectivity index (χ4v) is 2.68. The molecule has 2 nitrogen and oxygen atoms in total. The quantitative estimate of drug-likeness (QED) is 0.826. The van der Waals surface area contributed by atoms with Crippen LogP contribution in [0.5, 0.6) is 0 Å². The van der Waals surface area contributed by atoms with Gasteiger partial charge in [-0.25, -0.2) is 0 Å². The van der Waals surface area contributed by atoms with Gasteiger partial charge in [-0.05, 0) is 24.5 Å². The van der Waals surface area contributed by atoms with Crippen LogP contribution in [0.25, 0.3) is 0 Å². The van der Waals surface area contributed by atoms with Crippen molar-refractivity contribution in [2.75, 3.05) is 19.0 Å². The molecule has 2 heteroatoms. The Hall–Kier alpha value is -1.02. The third-order valence-corrected chi connectivity index (χ3v) is 3.55. The zero-order valence-corrected chi connectivity index (χ0v) is 10.2. The van der Waals surface area contributed by atoms with E-state index in [-0.39, 0.29) is 6.10 Å². The molecule has 88 valence electrons. The summed E-state index contributed by atoms with van der Waals surface area (Å²) in [7, 11) is 4.13. The minimum absolute atomic E-state index is 0.158. The average Bonchev–Trinajstić information content (AvgIpc) is 2.29. The lowest BCUT2D eigenvalue weighted by atomic mass is 9.81. The van der Waals surface area contributed by atoms with Crippen molar-refractivity contribution < 1.29 is 5.11 Å². The van der Waals surface area contributed by atoms with Crippen LogP contribution in [0, 0.1) is 0 Å². The molecule has 1 aliphatic carbocycles. The molecule has 1 N–H and O–H groups in total. The summed E-state index contributed by atoms with van der Waals surface area (Å²) in [5, 5.41) is 10.1. The molecule has 0 aromatic heterocycles. The number of para-hydroxylation sites is 1. The van der Waals surface area contributed by atoms with Gasteiger partial charge in [0.2, 0.25) is 0 Å². The molecule has 0 amide bonds. The number of nitrogens with zero attached hydrogens (tertiary/aromatic N) is 1. The number of benzene rings is 1. The molecular weight excluding hydrogens is 198 g/mol. The first kappa shape index (κ1) is 11.5. The number of aliphatic hydroxyl groups excluding tert-OH is 1. The maximum atomic E-state index is 10.1. The first-order valence-corrected chi connectivity index (χ1v) is 6.14. The van der Waals surface area contributed by atoms with Crippen LogP contribution >= 0.6 is 0 Å². The monoisotopic (exact) mass is 219 g/mol. The molecule has 0 saturated heterocycles. The van der Waals surface area contributed by atoms with Crippen molar-refractivity contribution in [1.29, 1.82) is 0 Å². The highest BCUT2D eigenvalue weighted by atomic mass is 16.3. The Balaban J connectivity index is 2.31. The van der Waals surface area contributed by atoms with Crippen LogP contribution in [0.1, 0.15) is 37.2 Å². The van der Waals surface area contributed by atoms with Gasteiger partial charge in [-0.2, -0.15) is 0 Å². The Morgan fingerprint density at radius 3 is 2.50 bits per heavy atom. The second-order valence-corrected chi connectivity index (χ2v) is 4.91. The predicted molar refractivity (Wildman–Crippen MR) is 68.0 cm³/mol. The average molecular weight is 219 g/mol. The van der Waals surface area contributed by atoms with Gasteiger partial charge in [-0.3, -0.25) is 0 Å². The molecule has 1 fully saturated rings. The topological polar surface area (TPSA) is 23.5 Å². The highest BCUT2D eigenvalue weighted by Crippen LogP contribution is 2.37. The van der Waals surface area contributed by atoms with Crippen LogP contribution in [-0.4, -0.2) is 25.3 Å². The molecule has 0 heterocycles. The second kappa shape index (κ2) is 4.88. The fraction of sp³-hybridized carbons (Fsp3) is 0.571. The van der Waals surface area contributed by atoms with Crippen molar-refractivity contribution in [2.24, 2.45) is 0 Å². The van der Waals surface area contributed by atoms with Gasteiger partial charge in [0.25, 0.3) is 0 Å². The van der Waals surface area contributed by atoms with Crippen LogP contribution in [0.15, 0.2) is 24.3 Å². The third-order valence-electron chi connectivity index (χ3n) is 3.55.